The number of carbonyl (C=O) groups excluding carboxylic acids is 3. The van der Waals surface area contributed by atoms with E-state index in [4.69, 9.17) is 0 Å². The van der Waals surface area contributed by atoms with Gasteiger partial charge in [-0.25, -0.2) is 18.0 Å². The van der Waals surface area contributed by atoms with Gasteiger partial charge >= 0.3 is 5.97 Å². The predicted molar refractivity (Wildman–Crippen MR) is 84.7 cm³/mol. The summed E-state index contributed by atoms with van der Waals surface area (Å²) < 4.78 is 43.4. The average Bonchev–Trinajstić information content (AvgIpc) is 2.59. The number of rotatable bonds is 6. The van der Waals surface area contributed by atoms with Gasteiger partial charge in [0.25, 0.3) is 5.91 Å². The molecule has 6 nitrogen and oxygen atoms in total. The summed E-state index contributed by atoms with van der Waals surface area (Å²) in [6.07, 6.45) is 0. The third-order valence-electron chi connectivity index (χ3n) is 3.01. The first-order valence-corrected chi connectivity index (χ1v) is 7.29. The molecule has 136 valence electrons. The molecule has 2 aromatic rings. The molecule has 0 heterocycles. The van der Waals surface area contributed by atoms with E-state index in [1.807, 2.05) is 0 Å². The minimum atomic E-state index is -1.09. The number of ether oxygens (including phenoxy) is 1. The molecule has 0 aliphatic rings. The zero-order chi connectivity index (χ0) is 19.1. The lowest BCUT2D eigenvalue weighted by Gasteiger charge is -2.08. The fraction of sp³-hybridized carbons (Fsp3) is 0.118. The lowest BCUT2D eigenvalue weighted by Crippen LogP contribution is -2.35. The van der Waals surface area contributed by atoms with Crippen LogP contribution in [0.25, 0.3) is 0 Å². The van der Waals surface area contributed by atoms with Crippen LogP contribution < -0.4 is 10.6 Å². The summed E-state index contributed by atoms with van der Waals surface area (Å²) >= 11 is 0. The van der Waals surface area contributed by atoms with E-state index in [0.717, 1.165) is 24.3 Å². The first kappa shape index (κ1) is 19.0. The summed E-state index contributed by atoms with van der Waals surface area (Å²) in [5, 5.41) is 4.61. The molecule has 0 fully saturated rings. The molecule has 2 N–H and O–H groups in total. The Balaban J connectivity index is 1.75. The Hall–Kier alpha value is -3.36. The van der Waals surface area contributed by atoms with E-state index in [1.165, 1.54) is 12.1 Å². The van der Waals surface area contributed by atoms with E-state index in [0.29, 0.717) is 11.8 Å². The van der Waals surface area contributed by atoms with Crippen molar-refractivity contribution in [1.82, 2.24) is 5.32 Å². The predicted octanol–water partition coefficient (Wildman–Crippen LogP) is 2.02. The molecule has 0 atom stereocenters. The van der Waals surface area contributed by atoms with Crippen LogP contribution in [0.5, 0.6) is 0 Å². The summed E-state index contributed by atoms with van der Waals surface area (Å²) in [5.41, 5.74) is -0.0467. The summed E-state index contributed by atoms with van der Waals surface area (Å²) in [6, 6.07) is 7.11. The molecule has 0 unspecified atom stereocenters. The number of amides is 2. The van der Waals surface area contributed by atoms with Crippen LogP contribution in [0, 0.1) is 17.5 Å². The molecular weight excluding hydrogens is 353 g/mol. The second-order valence-corrected chi connectivity index (χ2v) is 5.07. The third kappa shape index (κ3) is 5.93. The topological polar surface area (TPSA) is 84.5 Å². The highest BCUT2D eigenvalue weighted by Crippen LogP contribution is 2.09. The van der Waals surface area contributed by atoms with Crippen LogP contribution in [0.1, 0.15) is 10.4 Å². The molecule has 2 aromatic carbocycles. The van der Waals surface area contributed by atoms with Gasteiger partial charge in [-0.3, -0.25) is 9.59 Å². The lowest BCUT2D eigenvalue weighted by molar-refractivity contribution is -0.126. The van der Waals surface area contributed by atoms with Crippen molar-refractivity contribution < 1.29 is 32.3 Å². The van der Waals surface area contributed by atoms with Gasteiger partial charge in [-0.2, -0.15) is 0 Å². The van der Waals surface area contributed by atoms with Gasteiger partial charge in [0, 0.05) is 11.8 Å². The van der Waals surface area contributed by atoms with Gasteiger partial charge in [0.05, 0.1) is 12.1 Å². The minimum Gasteiger partial charge on any atom is -0.452 e. The number of benzene rings is 2. The Morgan fingerprint density at radius 1 is 0.846 bits per heavy atom. The summed E-state index contributed by atoms with van der Waals surface area (Å²) in [5.74, 6) is -4.84. The Bertz CT molecular complexity index is 805. The summed E-state index contributed by atoms with van der Waals surface area (Å²) in [6.45, 7) is -1.15. The van der Waals surface area contributed by atoms with Crippen LogP contribution in [0.3, 0.4) is 0 Å². The Morgan fingerprint density at radius 2 is 1.46 bits per heavy atom. The maximum Gasteiger partial charge on any atom is 0.338 e. The highest BCUT2D eigenvalue weighted by Gasteiger charge is 2.13. The van der Waals surface area contributed by atoms with Gasteiger partial charge in [-0.15, -0.1) is 0 Å². The van der Waals surface area contributed by atoms with Crippen LogP contribution in [-0.4, -0.2) is 30.9 Å². The smallest absolute Gasteiger partial charge is 0.338 e. The number of halogens is 3. The maximum atomic E-state index is 13.0. The zero-order valence-electron chi connectivity index (χ0n) is 13.2. The van der Waals surface area contributed by atoms with E-state index >= 15 is 0 Å². The second kappa shape index (κ2) is 8.65. The summed E-state index contributed by atoms with van der Waals surface area (Å²) in [7, 11) is 0. The first-order valence-electron chi connectivity index (χ1n) is 7.29. The van der Waals surface area contributed by atoms with Crippen molar-refractivity contribution in [3.8, 4) is 0 Å². The number of hydrogen-bond acceptors (Lipinski definition) is 4. The van der Waals surface area contributed by atoms with Crippen LogP contribution >= 0.6 is 0 Å². The van der Waals surface area contributed by atoms with E-state index in [1.54, 1.807) is 0 Å². The molecule has 0 saturated carbocycles. The molecular formula is C17H13F3N2O4. The molecule has 2 amide bonds. The molecule has 0 aliphatic heterocycles. The Kier molecular flexibility index (Phi) is 6.31. The van der Waals surface area contributed by atoms with Gasteiger partial charge < -0.3 is 15.4 Å². The van der Waals surface area contributed by atoms with E-state index < -0.39 is 48.4 Å². The standard InChI is InChI=1S/C17H13F3N2O4/c18-11-1-3-14(4-2-11)22-15(23)8-21-16(24)9-26-17(25)10-5-12(19)7-13(20)6-10/h1-7H,8-9H2,(H,21,24)(H,22,23). The van der Waals surface area contributed by atoms with Crippen molar-refractivity contribution in [2.24, 2.45) is 0 Å². The molecule has 0 aliphatic carbocycles. The number of nitrogens with one attached hydrogen (secondary N) is 2. The molecule has 9 heteroatoms. The molecule has 0 aromatic heterocycles. The van der Waals surface area contributed by atoms with Gasteiger partial charge in [-0.05, 0) is 36.4 Å². The van der Waals surface area contributed by atoms with Crippen LogP contribution in [0.15, 0.2) is 42.5 Å². The number of esters is 1. The van der Waals surface area contributed by atoms with Crippen molar-refractivity contribution >= 4 is 23.5 Å². The fourth-order valence-electron chi connectivity index (χ4n) is 1.85. The molecule has 0 saturated heterocycles. The van der Waals surface area contributed by atoms with E-state index in [2.05, 4.69) is 15.4 Å². The van der Waals surface area contributed by atoms with Crippen LogP contribution in [0.2, 0.25) is 0 Å². The normalized spacial score (nSPS) is 10.1. The minimum absolute atomic E-state index is 0.338. The van der Waals surface area contributed by atoms with Crippen LogP contribution in [-0.2, 0) is 14.3 Å². The molecule has 0 bridgehead atoms. The van der Waals surface area contributed by atoms with Crippen molar-refractivity contribution in [1.29, 1.82) is 0 Å². The summed E-state index contributed by atoms with van der Waals surface area (Å²) in [4.78, 5) is 34.8. The largest absolute Gasteiger partial charge is 0.452 e. The number of carbonyl (C=O) groups is 3. The van der Waals surface area contributed by atoms with E-state index in [9.17, 15) is 27.6 Å². The Labute approximate surface area is 146 Å². The highest BCUT2D eigenvalue weighted by atomic mass is 19.1. The Morgan fingerprint density at radius 3 is 2.08 bits per heavy atom. The van der Waals surface area contributed by atoms with Gasteiger partial charge in [0.1, 0.15) is 17.5 Å². The van der Waals surface area contributed by atoms with Gasteiger partial charge in [-0.1, -0.05) is 0 Å². The molecule has 0 radical (unpaired) electrons. The SMILES string of the molecule is O=C(COC(=O)c1cc(F)cc(F)c1)NCC(=O)Nc1ccc(F)cc1. The van der Waals surface area contributed by atoms with Crippen molar-refractivity contribution in [3.05, 3.63) is 65.5 Å². The van der Waals surface area contributed by atoms with Gasteiger partial charge in [0.15, 0.2) is 6.61 Å². The molecule has 2 rings (SSSR count). The quantitative estimate of drug-likeness (QED) is 0.766. The fourth-order valence-corrected chi connectivity index (χ4v) is 1.85. The molecule has 26 heavy (non-hydrogen) atoms. The van der Waals surface area contributed by atoms with Crippen molar-refractivity contribution in [3.63, 3.8) is 0 Å². The zero-order valence-corrected chi connectivity index (χ0v) is 13.2. The average molecular weight is 366 g/mol. The highest BCUT2D eigenvalue weighted by molar-refractivity contribution is 5.95. The van der Waals surface area contributed by atoms with Gasteiger partial charge in [0.2, 0.25) is 5.91 Å². The second-order valence-electron chi connectivity index (χ2n) is 5.07. The van der Waals surface area contributed by atoms with Crippen molar-refractivity contribution in [2.45, 2.75) is 0 Å². The first-order chi connectivity index (χ1) is 12.3. The third-order valence-corrected chi connectivity index (χ3v) is 3.01. The molecule has 0 spiro atoms. The van der Waals surface area contributed by atoms with E-state index in [-0.39, 0.29) is 5.56 Å². The number of anilines is 1. The van der Waals surface area contributed by atoms with Crippen LogP contribution in [0.4, 0.5) is 18.9 Å². The monoisotopic (exact) mass is 366 g/mol. The van der Waals surface area contributed by atoms with Crippen molar-refractivity contribution in [2.75, 3.05) is 18.5 Å². The number of hydrogen-bond donors (Lipinski definition) is 2. The lowest BCUT2D eigenvalue weighted by atomic mass is 10.2. The maximum absolute atomic E-state index is 13.0.